The molecule has 0 fully saturated rings. The van der Waals surface area contributed by atoms with Crippen LogP contribution < -0.4 is 9.30 Å². The van der Waals surface area contributed by atoms with Crippen LogP contribution in [0.25, 0.3) is 0 Å². The van der Waals surface area contributed by atoms with E-state index in [0.29, 0.717) is 19.0 Å². The molecular weight excluding hydrogens is 296 g/mol. The van der Waals surface area contributed by atoms with Crippen LogP contribution in [0.15, 0.2) is 6.20 Å². The molecule has 0 radical (unpaired) electrons. The van der Waals surface area contributed by atoms with Gasteiger partial charge in [-0.15, -0.1) is 0 Å². The van der Waals surface area contributed by atoms with E-state index in [9.17, 15) is 4.79 Å². The highest BCUT2D eigenvalue weighted by atomic mass is 16.7. The van der Waals surface area contributed by atoms with Crippen LogP contribution >= 0.6 is 0 Å². The Hall–Kier alpha value is -1.66. The molecule has 0 saturated carbocycles. The van der Waals surface area contributed by atoms with Gasteiger partial charge in [0.25, 0.3) is 0 Å². The summed E-state index contributed by atoms with van der Waals surface area (Å²) in [6.45, 7) is 8.93. The third-order valence-electron chi connectivity index (χ3n) is 3.90. The zero-order chi connectivity index (χ0) is 17.4. The van der Waals surface area contributed by atoms with Crippen molar-refractivity contribution in [2.24, 2.45) is 12.5 Å². The molecule has 1 aromatic rings. The number of fused-ring (bicyclic) bond motifs is 1. The molecule has 2 rings (SSSR count). The average Bonchev–Trinajstić information content (AvgIpc) is 2.65. The number of hydrogen-bond acceptors (Lipinski definition) is 4. The van der Waals surface area contributed by atoms with Crippen molar-refractivity contribution in [2.45, 2.75) is 47.2 Å². The maximum Gasteiger partial charge on any atom is 0.414 e. The van der Waals surface area contributed by atoms with Crippen molar-refractivity contribution in [1.82, 2.24) is 4.90 Å². The molecule has 1 aromatic heterocycles. The number of aromatic nitrogens is 1. The van der Waals surface area contributed by atoms with Crippen LogP contribution in [-0.4, -0.2) is 31.4 Å². The van der Waals surface area contributed by atoms with Gasteiger partial charge in [-0.25, -0.2) is 9.36 Å². The molecule has 1 aliphatic heterocycles. The monoisotopic (exact) mass is 323 g/mol. The van der Waals surface area contributed by atoms with Gasteiger partial charge >= 0.3 is 6.09 Å². The van der Waals surface area contributed by atoms with Crippen LogP contribution in [0.1, 0.15) is 37.6 Å². The summed E-state index contributed by atoms with van der Waals surface area (Å²) in [4.78, 5) is 13.4. The summed E-state index contributed by atoms with van der Waals surface area (Å²) in [6, 6.07) is 0. The molecule has 6 nitrogen and oxygen atoms in total. The predicted molar refractivity (Wildman–Crippen MR) is 84.9 cm³/mol. The van der Waals surface area contributed by atoms with Gasteiger partial charge in [0.05, 0.1) is 18.8 Å². The zero-order valence-corrected chi connectivity index (χ0v) is 15.1. The van der Waals surface area contributed by atoms with E-state index in [0.717, 1.165) is 16.8 Å². The molecule has 0 saturated heterocycles. The van der Waals surface area contributed by atoms with Gasteiger partial charge in [0.15, 0.2) is 12.5 Å². The van der Waals surface area contributed by atoms with E-state index in [4.69, 9.17) is 14.2 Å². The van der Waals surface area contributed by atoms with E-state index < -0.39 is 6.09 Å². The smallest absolute Gasteiger partial charge is 0.403 e. The van der Waals surface area contributed by atoms with Crippen molar-refractivity contribution in [3.05, 3.63) is 23.0 Å². The van der Waals surface area contributed by atoms with E-state index >= 15 is 0 Å². The molecule has 23 heavy (non-hydrogen) atoms. The van der Waals surface area contributed by atoms with Gasteiger partial charge in [-0.2, -0.15) is 0 Å². The van der Waals surface area contributed by atoms with Gasteiger partial charge in [0.1, 0.15) is 7.05 Å². The Morgan fingerprint density at radius 2 is 1.91 bits per heavy atom. The fraction of sp³-hybridized carbons (Fsp3) is 0.647. The average molecular weight is 323 g/mol. The van der Waals surface area contributed by atoms with Crippen molar-refractivity contribution < 1.29 is 23.6 Å². The molecule has 1 atom stereocenters. The summed E-state index contributed by atoms with van der Waals surface area (Å²) in [6.07, 6.45) is 1.29. The molecule has 0 aliphatic carbocycles. The normalized spacial score (nSPS) is 18.1. The predicted octanol–water partition coefficient (Wildman–Crippen LogP) is 2.30. The minimum Gasteiger partial charge on any atom is -0.403 e. The Kier molecular flexibility index (Phi) is 4.96. The Balaban J connectivity index is 2.39. The molecule has 1 amide bonds. The van der Waals surface area contributed by atoms with Crippen molar-refractivity contribution >= 4 is 6.09 Å². The minimum absolute atomic E-state index is 0.125. The second-order valence-electron chi connectivity index (χ2n) is 7.24. The molecule has 0 spiro atoms. The highest BCUT2D eigenvalue weighted by Crippen LogP contribution is 2.33. The molecule has 0 aromatic carbocycles. The number of pyridine rings is 1. The first kappa shape index (κ1) is 17.7. The van der Waals surface area contributed by atoms with Crippen LogP contribution in [0.5, 0.6) is 5.75 Å². The summed E-state index contributed by atoms with van der Waals surface area (Å²) in [5.41, 5.74) is 2.60. The van der Waals surface area contributed by atoms with Crippen LogP contribution in [0, 0.1) is 12.3 Å². The molecule has 1 unspecified atom stereocenters. The number of ether oxygens (including phenoxy) is 3. The van der Waals surface area contributed by atoms with E-state index in [2.05, 4.69) is 20.8 Å². The molecule has 0 N–H and O–H groups in total. The Morgan fingerprint density at radius 3 is 2.48 bits per heavy atom. The first-order chi connectivity index (χ1) is 10.6. The van der Waals surface area contributed by atoms with Crippen molar-refractivity contribution in [3.8, 4) is 5.75 Å². The van der Waals surface area contributed by atoms with Gasteiger partial charge in [0, 0.05) is 32.0 Å². The first-order valence-electron chi connectivity index (χ1n) is 7.74. The highest BCUT2D eigenvalue weighted by Gasteiger charge is 2.32. The Bertz CT molecular complexity index is 606. The number of carbonyl (C=O) groups is 1. The lowest BCUT2D eigenvalue weighted by molar-refractivity contribution is -0.678. The fourth-order valence-corrected chi connectivity index (χ4v) is 2.40. The number of rotatable bonds is 1. The largest absolute Gasteiger partial charge is 0.414 e. The standard InChI is InChI=1S/C17H27N2O4/c1-11-14(23-16(20)18(5)6)13-10-22-15(17(2,3)4)21-9-12(13)8-19(11)7/h8,15H,9-10H2,1-7H3/q+1. The van der Waals surface area contributed by atoms with E-state index in [1.54, 1.807) is 14.1 Å². The molecule has 6 heteroatoms. The van der Waals surface area contributed by atoms with Crippen LogP contribution in [0.3, 0.4) is 0 Å². The van der Waals surface area contributed by atoms with Crippen LogP contribution in [-0.2, 0) is 29.7 Å². The SMILES string of the molecule is Cc1c(OC(=O)N(C)C)c2c(c[n+]1C)COC(C(C)(C)C)OC2. The number of nitrogens with zero attached hydrogens (tertiary/aromatic N) is 2. The van der Waals surface area contributed by atoms with Crippen molar-refractivity contribution in [3.63, 3.8) is 0 Å². The highest BCUT2D eigenvalue weighted by molar-refractivity contribution is 5.70. The number of hydrogen-bond donors (Lipinski definition) is 0. The van der Waals surface area contributed by atoms with Gasteiger partial charge in [-0.3, -0.25) is 0 Å². The number of amides is 1. The summed E-state index contributed by atoms with van der Waals surface area (Å²) in [5.74, 6) is 0.557. The lowest BCUT2D eigenvalue weighted by atomic mass is 9.96. The van der Waals surface area contributed by atoms with E-state index in [1.807, 2.05) is 24.7 Å². The van der Waals surface area contributed by atoms with Gasteiger partial charge in [-0.1, -0.05) is 20.8 Å². The summed E-state index contributed by atoms with van der Waals surface area (Å²) >= 11 is 0. The first-order valence-corrected chi connectivity index (χ1v) is 7.74. The zero-order valence-electron chi connectivity index (χ0n) is 15.1. The molecular formula is C17H27N2O4+. The summed E-state index contributed by atoms with van der Waals surface area (Å²) in [7, 11) is 5.25. The second kappa shape index (κ2) is 6.45. The quantitative estimate of drug-likeness (QED) is 0.744. The third kappa shape index (κ3) is 3.82. The maximum atomic E-state index is 12.0. The van der Waals surface area contributed by atoms with Crippen molar-refractivity contribution in [2.75, 3.05) is 14.1 Å². The Labute approximate surface area is 137 Å². The van der Waals surface area contributed by atoms with Gasteiger partial charge < -0.3 is 19.1 Å². The third-order valence-corrected chi connectivity index (χ3v) is 3.90. The maximum absolute atomic E-state index is 12.0. The minimum atomic E-state index is -0.404. The molecule has 2 heterocycles. The number of carbonyl (C=O) groups excluding carboxylic acids is 1. The summed E-state index contributed by atoms with van der Waals surface area (Å²) in [5, 5.41) is 0. The van der Waals surface area contributed by atoms with Crippen LogP contribution in [0.4, 0.5) is 4.79 Å². The lowest BCUT2D eigenvalue weighted by Gasteiger charge is -2.28. The Morgan fingerprint density at radius 1 is 1.30 bits per heavy atom. The lowest BCUT2D eigenvalue weighted by Crippen LogP contribution is -2.35. The van der Waals surface area contributed by atoms with Gasteiger partial charge in [-0.05, 0) is 0 Å². The van der Waals surface area contributed by atoms with Crippen molar-refractivity contribution in [1.29, 1.82) is 0 Å². The van der Waals surface area contributed by atoms with Gasteiger partial charge in [0.2, 0.25) is 11.4 Å². The number of aryl methyl sites for hydroxylation is 1. The topological polar surface area (TPSA) is 51.9 Å². The van der Waals surface area contributed by atoms with E-state index in [1.165, 1.54) is 4.90 Å². The van der Waals surface area contributed by atoms with E-state index in [-0.39, 0.29) is 11.7 Å². The van der Waals surface area contributed by atoms with Crippen LogP contribution in [0.2, 0.25) is 0 Å². The fourth-order valence-electron chi connectivity index (χ4n) is 2.40. The molecule has 128 valence electrons. The second-order valence-corrected chi connectivity index (χ2v) is 7.24. The summed E-state index contributed by atoms with van der Waals surface area (Å²) < 4.78 is 19.4. The molecule has 1 aliphatic rings. The molecule has 0 bridgehead atoms.